The number of aromatic nitrogens is 2. The number of amides is 2. The molecule has 0 spiro atoms. The van der Waals surface area contributed by atoms with Crippen LogP contribution in [-0.2, 0) is 34.9 Å². The summed E-state index contributed by atoms with van der Waals surface area (Å²) in [7, 11) is 1.73. The second-order valence-corrected chi connectivity index (χ2v) is 11.0. The number of hydrogen-bond acceptors (Lipinski definition) is 5. The molecule has 48 heavy (non-hydrogen) atoms. The Hall–Kier alpha value is -3.95. The predicted molar refractivity (Wildman–Crippen MR) is 207 cm³/mol. The fourth-order valence-corrected chi connectivity index (χ4v) is 5.14. The lowest BCUT2D eigenvalue weighted by atomic mass is 10.0. The van der Waals surface area contributed by atoms with Crippen LogP contribution in [0.3, 0.4) is 0 Å². The average Bonchev–Trinajstić information content (AvgIpc) is 2.95. The minimum atomic E-state index is -0.408. The zero-order chi connectivity index (χ0) is 29.4. The summed E-state index contributed by atoms with van der Waals surface area (Å²) < 4.78 is 15.0. The number of carbonyl (C=O) groups is 2. The van der Waals surface area contributed by atoms with Gasteiger partial charge < -0.3 is 14.8 Å². The van der Waals surface area contributed by atoms with E-state index in [1.54, 1.807) is 34.8 Å². The van der Waals surface area contributed by atoms with Crippen molar-refractivity contribution >= 4 is 35.2 Å². The molecule has 0 atom stereocenters. The molecular weight excluding hydrogens is 647 g/mol. The lowest BCUT2D eigenvalue weighted by molar-refractivity contribution is -0.131. The Morgan fingerprint density at radius 3 is 1.92 bits per heavy atom. The van der Waals surface area contributed by atoms with Crippen LogP contribution in [0, 0.1) is 5.82 Å². The highest BCUT2D eigenvalue weighted by Gasteiger charge is 2.16. The topological polar surface area (TPSA) is 84.3 Å². The summed E-state index contributed by atoms with van der Waals surface area (Å²) in [5.74, 6) is -0.232. The number of likely N-dealkylation sites (N-methyl/N-ethyl adjacent to an activating group) is 1. The maximum absolute atomic E-state index is 13.3. The molecular formula is C38H58ClFN4O3S. The third-order valence-electron chi connectivity index (χ3n) is 6.36. The molecule has 0 fully saturated rings. The Labute approximate surface area is 299 Å². The van der Waals surface area contributed by atoms with E-state index in [-0.39, 0.29) is 82.7 Å². The van der Waals surface area contributed by atoms with Crippen molar-refractivity contribution in [3.05, 3.63) is 117 Å². The highest BCUT2D eigenvalue weighted by Crippen LogP contribution is 2.23. The van der Waals surface area contributed by atoms with Crippen molar-refractivity contribution in [2.75, 3.05) is 13.6 Å². The zero-order valence-corrected chi connectivity index (χ0v) is 24.3. The molecule has 0 saturated heterocycles. The van der Waals surface area contributed by atoms with Crippen LogP contribution in [0.2, 0.25) is 5.02 Å². The number of benzene rings is 3. The summed E-state index contributed by atoms with van der Waals surface area (Å²) in [4.78, 5) is 43.1. The molecule has 4 aromatic rings. The number of thioether (sulfide) groups is 1. The van der Waals surface area contributed by atoms with E-state index in [1.165, 1.54) is 30.8 Å². The van der Waals surface area contributed by atoms with Gasteiger partial charge >= 0.3 is 0 Å². The molecule has 0 aliphatic rings. The summed E-state index contributed by atoms with van der Waals surface area (Å²) in [6.07, 6.45) is 1.93. The largest absolute Gasteiger partial charge is 0.356 e. The molecule has 7 nitrogen and oxygen atoms in total. The molecule has 1 aromatic heterocycles. The Kier molecular flexibility index (Phi) is 25.7. The minimum Gasteiger partial charge on any atom is -0.356 e. The van der Waals surface area contributed by atoms with Gasteiger partial charge in [0.1, 0.15) is 12.4 Å². The second kappa shape index (κ2) is 24.2. The summed E-state index contributed by atoms with van der Waals surface area (Å²) in [5.41, 5.74) is 3.92. The average molecular weight is 705 g/mol. The first-order valence-corrected chi connectivity index (χ1v) is 14.3. The van der Waals surface area contributed by atoms with Crippen LogP contribution in [-0.4, -0.2) is 39.9 Å². The Bertz CT molecular complexity index is 1560. The van der Waals surface area contributed by atoms with Crippen LogP contribution in [0.15, 0.2) is 88.9 Å². The molecule has 0 saturated carbocycles. The van der Waals surface area contributed by atoms with Gasteiger partial charge in [-0.2, -0.15) is 4.98 Å². The highest BCUT2D eigenvalue weighted by molar-refractivity contribution is 7.98. The predicted octanol–water partition coefficient (Wildman–Crippen LogP) is 9.78. The van der Waals surface area contributed by atoms with Gasteiger partial charge in [0.2, 0.25) is 11.8 Å². The monoisotopic (exact) mass is 704 g/mol. The minimum absolute atomic E-state index is 0. The molecule has 0 bridgehead atoms. The first-order valence-electron chi connectivity index (χ1n) is 13.0. The second-order valence-electron chi connectivity index (χ2n) is 9.58. The Morgan fingerprint density at radius 2 is 1.38 bits per heavy atom. The molecule has 0 aliphatic carbocycles. The first-order chi connectivity index (χ1) is 19.7. The number of rotatable bonds is 11. The van der Waals surface area contributed by atoms with Gasteiger partial charge in [0.05, 0.1) is 0 Å². The summed E-state index contributed by atoms with van der Waals surface area (Å²) in [5, 5.41) is 3.74. The molecule has 1 heterocycles. The Balaban J connectivity index is -0.00000138. The van der Waals surface area contributed by atoms with Crippen LogP contribution < -0.4 is 10.9 Å². The number of hydrogen-bond donors (Lipinski definition) is 1. The van der Waals surface area contributed by atoms with Gasteiger partial charge in [-0.1, -0.05) is 124 Å². The summed E-state index contributed by atoms with van der Waals surface area (Å²) in [6.45, 7) is 2.08. The van der Waals surface area contributed by atoms with Crippen LogP contribution in [0.5, 0.6) is 0 Å². The fraction of sp³-hybridized carbons (Fsp3) is 0.368. The van der Waals surface area contributed by atoms with E-state index >= 15 is 0 Å². The fourth-order valence-electron chi connectivity index (χ4n) is 4.10. The number of nitrogens with zero attached hydrogens (tertiary/aromatic N) is 3. The first kappa shape index (κ1) is 50.9. The zero-order valence-electron chi connectivity index (χ0n) is 22.8. The van der Waals surface area contributed by atoms with E-state index < -0.39 is 5.56 Å². The number of carbonyl (C=O) groups excluding carboxylic acids is 2. The molecule has 10 heteroatoms. The van der Waals surface area contributed by atoms with E-state index in [0.717, 1.165) is 22.3 Å². The highest BCUT2D eigenvalue weighted by atomic mass is 35.5. The third-order valence-corrected chi connectivity index (χ3v) is 7.67. The van der Waals surface area contributed by atoms with Crippen molar-refractivity contribution in [3.63, 3.8) is 0 Å². The normalized spacial score (nSPS) is 9.25. The van der Waals surface area contributed by atoms with Crippen molar-refractivity contribution in [1.82, 2.24) is 19.8 Å². The molecule has 0 aliphatic heterocycles. The van der Waals surface area contributed by atoms with Crippen molar-refractivity contribution in [2.24, 2.45) is 0 Å². The van der Waals surface area contributed by atoms with Gasteiger partial charge in [0.25, 0.3) is 5.56 Å². The van der Waals surface area contributed by atoms with Crippen molar-refractivity contribution < 1.29 is 14.0 Å². The quantitative estimate of drug-likeness (QED) is 0.124. The van der Waals surface area contributed by atoms with Gasteiger partial charge in [-0.3, -0.25) is 14.4 Å². The molecule has 268 valence electrons. The molecule has 4 rings (SSSR count). The molecule has 0 radical (unpaired) electrons. The molecule has 0 unspecified atom stereocenters. The van der Waals surface area contributed by atoms with Crippen LogP contribution in [0.25, 0.3) is 11.1 Å². The Morgan fingerprint density at radius 1 is 0.854 bits per heavy atom. The van der Waals surface area contributed by atoms with Crippen LogP contribution in [0.1, 0.15) is 75.6 Å². The molecule has 3 aromatic carbocycles. The van der Waals surface area contributed by atoms with E-state index in [2.05, 4.69) is 10.3 Å². The van der Waals surface area contributed by atoms with Gasteiger partial charge in [-0.15, -0.1) is 0 Å². The van der Waals surface area contributed by atoms with Crippen molar-refractivity contribution in [2.45, 2.75) is 89.3 Å². The molecule has 1 N–H and O–H groups in total. The smallest absolute Gasteiger partial charge is 0.276 e. The number of halogens is 2. The molecule has 2 amide bonds. The van der Waals surface area contributed by atoms with E-state index in [1.807, 2.05) is 48.5 Å². The van der Waals surface area contributed by atoms with Crippen LogP contribution >= 0.6 is 23.4 Å². The van der Waals surface area contributed by atoms with Gasteiger partial charge in [-0.05, 0) is 52.9 Å². The van der Waals surface area contributed by atoms with Gasteiger partial charge in [0.15, 0.2) is 5.16 Å². The van der Waals surface area contributed by atoms with E-state index in [0.29, 0.717) is 34.5 Å². The van der Waals surface area contributed by atoms with Crippen molar-refractivity contribution in [3.8, 4) is 11.1 Å². The SMILES string of the molecule is C.C.C.C.C.C.C.CC(=O)NCCc1cn(CC(=O)N(C)Cc2ccc(-c3ccc(Cl)cc3)cc2)c(SCc2ccc(F)cc2)nc1=O. The standard InChI is InChI=1S/C31H30ClFN4O3S.7CH4/c1-21(38)34-16-15-26-18-37(31(35-30(26)40)41-20-23-5-13-28(33)14-6-23)19-29(39)36(2)17-22-3-7-24(8-4-22)25-9-11-27(32)12-10-25;;;;;;;/h3-14,18H,15-17,19-20H2,1-2H3,(H,34,38);7*1H4. The van der Waals surface area contributed by atoms with E-state index in [4.69, 9.17) is 11.6 Å². The number of nitrogens with one attached hydrogen (secondary N) is 1. The summed E-state index contributed by atoms with van der Waals surface area (Å²) >= 11 is 7.29. The third kappa shape index (κ3) is 14.9. The maximum Gasteiger partial charge on any atom is 0.276 e. The summed E-state index contributed by atoms with van der Waals surface area (Å²) in [6, 6.07) is 21.7. The van der Waals surface area contributed by atoms with E-state index in [9.17, 15) is 18.8 Å². The van der Waals surface area contributed by atoms with Crippen molar-refractivity contribution in [1.29, 1.82) is 0 Å². The maximum atomic E-state index is 13.3. The lowest BCUT2D eigenvalue weighted by Crippen LogP contribution is -2.32. The lowest BCUT2D eigenvalue weighted by Gasteiger charge is -2.20. The van der Waals surface area contributed by atoms with Crippen LogP contribution in [0.4, 0.5) is 4.39 Å². The van der Waals surface area contributed by atoms with Gasteiger partial charge in [-0.25, -0.2) is 4.39 Å². The van der Waals surface area contributed by atoms with Gasteiger partial charge in [0, 0.05) is 49.6 Å².